The molecule has 1 aliphatic heterocycles. The monoisotopic (exact) mass is 513 g/mol. The second-order valence-corrected chi connectivity index (χ2v) is 9.20. The summed E-state index contributed by atoms with van der Waals surface area (Å²) >= 11 is 0. The van der Waals surface area contributed by atoms with Crippen LogP contribution in [-0.4, -0.2) is 49.2 Å². The lowest BCUT2D eigenvalue weighted by Gasteiger charge is -2.18. The molecule has 38 heavy (non-hydrogen) atoms. The van der Waals surface area contributed by atoms with E-state index in [2.05, 4.69) is 31.0 Å². The molecule has 6 rings (SSSR count). The zero-order valence-electron chi connectivity index (χ0n) is 20.3. The van der Waals surface area contributed by atoms with Gasteiger partial charge in [0.05, 0.1) is 17.3 Å². The molecule has 0 bridgehead atoms. The van der Waals surface area contributed by atoms with E-state index in [-0.39, 0.29) is 36.4 Å². The minimum Gasteiger partial charge on any atom is -0.482 e. The zero-order valence-corrected chi connectivity index (χ0v) is 20.3. The van der Waals surface area contributed by atoms with E-state index in [1.807, 2.05) is 12.1 Å². The summed E-state index contributed by atoms with van der Waals surface area (Å²) in [4.78, 5) is 44.6. The lowest BCUT2D eigenvalue weighted by Crippen LogP contribution is -2.26. The molecule has 0 radical (unpaired) electrons. The van der Waals surface area contributed by atoms with E-state index in [1.165, 1.54) is 6.33 Å². The molecule has 12 heteroatoms. The first-order valence-corrected chi connectivity index (χ1v) is 12.0. The van der Waals surface area contributed by atoms with Gasteiger partial charge in [0.15, 0.2) is 18.1 Å². The van der Waals surface area contributed by atoms with Crippen LogP contribution in [0.15, 0.2) is 42.7 Å². The van der Waals surface area contributed by atoms with Crippen LogP contribution in [0.25, 0.3) is 11.0 Å². The smallest absolute Gasteiger partial charge is 0.335 e. The number of ether oxygens (including phenoxy) is 1. The molecule has 1 unspecified atom stereocenters. The van der Waals surface area contributed by atoms with E-state index in [4.69, 9.17) is 4.74 Å². The molecule has 4 N–H and O–H groups in total. The van der Waals surface area contributed by atoms with E-state index >= 15 is 0 Å². The highest BCUT2D eigenvalue weighted by Gasteiger charge is 2.27. The van der Waals surface area contributed by atoms with E-state index in [0.717, 1.165) is 29.5 Å². The molecule has 12 nitrogen and oxygen atoms in total. The fourth-order valence-corrected chi connectivity index (χ4v) is 4.90. The van der Waals surface area contributed by atoms with E-state index in [1.54, 1.807) is 36.0 Å². The SMILES string of the molecule is Cn1nc2c(C(=O)NCc3ccc4c(c3)NC(=O)CO4)ncnc2c1NC1CCc2cc(C(=O)O)ccc21. The van der Waals surface area contributed by atoms with Crippen LogP contribution >= 0.6 is 0 Å². The number of carbonyl (C=O) groups excluding carboxylic acids is 2. The maximum Gasteiger partial charge on any atom is 0.335 e. The molecule has 0 fully saturated rings. The van der Waals surface area contributed by atoms with Gasteiger partial charge in [-0.2, -0.15) is 5.10 Å². The number of nitrogens with zero attached hydrogens (tertiary/aromatic N) is 4. The lowest BCUT2D eigenvalue weighted by atomic mass is 10.0. The number of nitrogens with one attached hydrogen (secondary N) is 3. The van der Waals surface area contributed by atoms with Gasteiger partial charge < -0.3 is 25.8 Å². The number of benzene rings is 2. The van der Waals surface area contributed by atoms with Crippen molar-refractivity contribution in [2.45, 2.75) is 25.4 Å². The fraction of sp³-hybridized carbons (Fsp3) is 0.231. The molecule has 0 saturated carbocycles. The van der Waals surface area contributed by atoms with Gasteiger partial charge in [-0.15, -0.1) is 0 Å². The highest BCUT2D eigenvalue weighted by atomic mass is 16.5. The normalized spacial score (nSPS) is 15.8. The Morgan fingerprint density at radius 3 is 2.89 bits per heavy atom. The highest BCUT2D eigenvalue weighted by molar-refractivity contribution is 6.05. The average Bonchev–Trinajstić information content (AvgIpc) is 3.46. The van der Waals surface area contributed by atoms with E-state index in [9.17, 15) is 19.5 Å². The lowest BCUT2D eigenvalue weighted by molar-refractivity contribution is -0.118. The van der Waals surface area contributed by atoms with Gasteiger partial charge in [0.2, 0.25) is 0 Å². The molecule has 3 heterocycles. The summed E-state index contributed by atoms with van der Waals surface area (Å²) in [5.41, 5.74) is 4.66. The molecule has 4 aromatic rings. The first-order valence-electron chi connectivity index (χ1n) is 12.0. The number of aromatic nitrogens is 4. The Balaban J connectivity index is 1.21. The molecular formula is C26H23N7O5. The third kappa shape index (κ3) is 4.15. The third-order valence-electron chi connectivity index (χ3n) is 6.74. The van der Waals surface area contributed by atoms with Crippen LogP contribution in [0.4, 0.5) is 11.5 Å². The minimum absolute atomic E-state index is 0.0212. The second kappa shape index (κ2) is 9.14. The van der Waals surface area contributed by atoms with Gasteiger partial charge in [-0.3, -0.25) is 14.3 Å². The summed E-state index contributed by atoms with van der Waals surface area (Å²) < 4.78 is 7.00. The Morgan fingerprint density at radius 2 is 2.05 bits per heavy atom. The van der Waals surface area contributed by atoms with E-state index < -0.39 is 11.9 Å². The molecular weight excluding hydrogens is 490 g/mol. The fourth-order valence-electron chi connectivity index (χ4n) is 4.90. The van der Waals surface area contributed by atoms with Crippen LogP contribution < -0.4 is 20.7 Å². The van der Waals surface area contributed by atoms with Crippen molar-refractivity contribution < 1.29 is 24.2 Å². The maximum atomic E-state index is 13.1. The summed E-state index contributed by atoms with van der Waals surface area (Å²) in [5.74, 6) is -0.364. The minimum atomic E-state index is -0.947. The summed E-state index contributed by atoms with van der Waals surface area (Å²) in [6, 6.07) is 10.4. The number of carbonyl (C=O) groups is 3. The van der Waals surface area contributed by atoms with Gasteiger partial charge in [0, 0.05) is 13.6 Å². The van der Waals surface area contributed by atoms with Gasteiger partial charge in [0.1, 0.15) is 23.1 Å². The molecule has 2 aromatic heterocycles. The number of carboxylic acids is 1. The quantitative estimate of drug-likeness (QED) is 0.303. The van der Waals surface area contributed by atoms with Crippen LogP contribution in [0.2, 0.25) is 0 Å². The van der Waals surface area contributed by atoms with Crippen molar-refractivity contribution >= 4 is 40.3 Å². The van der Waals surface area contributed by atoms with Gasteiger partial charge in [-0.1, -0.05) is 12.1 Å². The number of fused-ring (bicyclic) bond motifs is 3. The average molecular weight is 514 g/mol. The van der Waals surface area contributed by atoms with Crippen molar-refractivity contribution in [3.63, 3.8) is 0 Å². The zero-order chi connectivity index (χ0) is 26.4. The number of amides is 2. The number of aryl methyl sites for hydroxylation is 2. The van der Waals surface area contributed by atoms with Crippen LogP contribution in [-0.2, 0) is 24.8 Å². The van der Waals surface area contributed by atoms with Gasteiger partial charge in [-0.25, -0.2) is 14.8 Å². The Labute approximate surface area is 216 Å². The summed E-state index contributed by atoms with van der Waals surface area (Å²) in [5, 5.41) is 22.9. The van der Waals surface area contributed by atoms with Crippen molar-refractivity contribution in [3.8, 4) is 5.75 Å². The molecule has 1 atom stereocenters. The molecule has 192 valence electrons. The summed E-state index contributed by atoms with van der Waals surface area (Å²) in [6.45, 7) is 0.190. The Hall–Kier alpha value is -5.00. The Kier molecular flexibility index (Phi) is 5.63. The van der Waals surface area contributed by atoms with Gasteiger partial charge in [0.25, 0.3) is 11.8 Å². The van der Waals surface area contributed by atoms with Crippen LogP contribution in [0.3, 0.4) is 0 Å². The van der Waals surface area contributed by atoms with E-state index in [0.29, 0.717) is 28.3 Å². The largest absolute Gasteiger partial charge is 0.482 e. The second-order valence-electron chi connectivity index (χ2n) is 9.20. The van der Waals surface area contributed by atoms with Gasteiger partial charge in [-0.05, 0) is 53.8 Å². The van der Waals surface area contributed by atoms with Gasteiger partial charge >= 0.3 is 5.97 Å². The maximum absolute atomic E-state index is 13.1. The number of hydrogen-bond donors (Lipinski definition) is 4. The third-order valence-corrected chi connectivity index (χ3v) is 6.74. The van der Waals surface area contributed by atoms with Crippen LogP contribution in [0.1, 0.15) is 50.0 Å². The standard InChI is InChI=1S/C26H23N7O5/c1-33-24(31-17-6-4-14-9-15(26(36)37)3-5-16(14)17)22-21(32-33)23(29-12-28-22)25(35)27-10-13-2-7-19-18(8-13)30-20(34)11-38-19/h2-3,5,7-9,12,17,31H,4,6,10-11H2,1H3,(H,27,35)(H,30,34)(H,36,37). The Bertz CT molecular complexity index is 1630. The first kappa shape index (κ1) is 23.4. The van der Waals surface area contributed by atoms with Crippen molar-refractivity contribution in [2.75, 3.05) is 17.2 Å². The molecule has 1 aliphatic carbocycles. The molecule has 2 aromatic carbocycles. The number of rotatable bonds is 6. The number of hydrogen-bond acceptors (Lipinski definition) is 8. The molecule has 0 spiro atoms. The number of carboxylic acid groups (broad SMARTS) is 1. The summed E-state index contributed by atoms with van der Waals surface area (Å²) in [6.07, 6.45) is 2.87. The van der Waals surface area contributed by atoms with Crippen molar-refractivity contribution in [2.24, 2.45) is 7.05 Å². The van der Waals surface area contributed by atoms with Crippen LogP contribution in [0.5, 0.6) is 5.75 Å². The predicted octanol–water partition coefficient (Wildman–Crippen LogP) is 2.42. The highest BCUT2D eigenvalue weighted by Crippen LogP contribution is 2.36. The number of aromatic carboxylic acids is 1. The first-order chi connectivity index (χ1) is 18.4. The topological polar surface area (TPSA) is 160 Å². The molecule has 2 aliphatic rings. The predicted molar refractivity (Wildman–Crippen MR) is 136 cm³/mol. The van der Waals surface area contributed by atoms with Crippen molar-refractivity contribution in [1.82, 2.24) is 25.1 Å². The molecule has 0 saturated heterocycles. The molecule has 2 amide bonds. The van der Waals surface area contributed by atoms with Crippen LogP contribution in [0, 0.1) is 0 Å². The van der Waals surface area contributed by atoms with Crippen molar-refractivity contribution in [3.05, 3.63) is 70.7 Å². The summed E-state index contributed by atoms with van der Waals surface area (Å²) in [7, 11) is 1.76. The Morgan fingerprint density at radius 1 is 1.18 bits per heavy atom. The number of anilines is 2. The van der Waals surface area contributed by atoms with Crippen molar-refractivity contribution in [1.29, 1.82) is 0 Å².